The number of hydrogen-bond donors (Lipinski definition) is 2. The van der Waals surface area contributed by atoms with Crippen LogP contribution in [0.15, 0.2) is 0 Å². The van der Waals surface area contributed by atoms with Gasteiger partial charge in [-0.1, -0.05) is 0 Å². The second-order valence-corrected chi connectivity index (χ2v) is 4.54. The number of carbonyl (C=O) groups is 1. The first-order chi connectivity index (χ1) is 7.38. The van der Waals surface area contributed by atoms with Gasteiger partial charge in [-0.05, 0) is 27.2 Å². The Morgan fingerprint density at radius 2 is 2.19 bits per heavy atom. The Hall–Kier alpha value is -0.650. The molecule has 1 saturated heterocycles. The Bertz CT molecular complexity index is 247. The van der Waals surface area contributed by atoms with Gasteiger partial charge >= 0.3 is 5.97 Å². The number of rotatable bonds is 5. The molecule has 16 heavy (non-hydrogen) atoms. The van der Waals surface area contributed by atoms with E-state index in [0.717, 1.165) is 0 Å². The smallest absolute Gasteiger partial charge is 0.336 e. The molecule has 0 amide bonds. The van der Waals surface area contributed by atoms with E-state index in [9.17, 15) is 15.0 Å². The molecule has 4 unspecified atom stereocenters. The van der Waals surface area contributed by atoms with E-state index >= 15 is 0 Å². The molecule has 0 aromatic heterocycles. The highest BCUT2D eigenvalue weighted by Crippen LogP contribution is 2.31. The van der Waals surface area contributed by atoms with Crippen LogP contribution < -0.4 is 0 Å². The van der Waals surface area contributed by atoms with Crippen LogP contribution in [0.2, 0.25) is 0 Å². The van der Waals surface area contributed by atoms with Crippen molar-refractivity contribution < 1.29 is 24.5 Å². The third-order valence-electron chi connectivity index (χ3n) is 3.24. The first-order valence-corrected chi connectivity index (χ1v) is 5.55. The maximum atomic E-state index is 11.3. The molecule has 94 valence electrons. The van der Waals surface area contributed by atoms with Crippen LogP contribution in [0, 0.1) is 5.92 Å². The molecular formula is C11H20O5. The molecule has 0 aliphatic carbocycles. The quantitative estimate of drug-likeness (QED) is 0.728. The summed E-state index contributed by atoms with van der Waals surface area (Å²) in [5.74, 6) is -1.17. The van der Waals surface area contributed by atoms with Crippen molar-refractivity contribution in [2.24, 2.45) is 5.92 Å². The number of aliphatic hydroxyl groups excluding tert-OH is 1. The maximum absolute atomic E-state index is 11.3. The van der Waals surface area contributed by atoms with E-state index in [-0.39, 0.29) is 5.92 Å². The van der Waals surface area contributed by atoms with Crippen LogP contribution in [0.25, 0.3) is 0 Å². The van der Waals surface area contributed by atoms with Crippen molar-refractivity contribution in [3.63, 3.8) is 0 Å². The molecule has 0 saturated carbocycles. The van der Waals surface area contributed by atoms with Gasteiger partial charge in [0.1, 0.15) is 0 Å². The molecular weight excluding hydrogens is 212 g/mol. The molecule has 5 heteroatoms. The summed E-state index contributed by atoms with van der Waals surface area (Å²) in [4.78, 5) is 11.3. The Balaban J connectivity index is 2.75. The molecule has 0 aromatic carbocycles. The van der Waals surface area contributed by atoms with Gasteiger partial charge in [0.15, 0.2) is 5.60 Å². The molecule has 5 nitrogen and oxygen atoms in total. The van der Waals surface area contributed by atoms with Gasteiger partial charge in [0.2, 0.25) is 0 Å². The summed E-state index contributed by atoms with van der Waals surface area (Å²) in [5, 5.41) is 18.6. The highest BCUT2D eigenvalue weighted by atomic mass is 16.5. The van der Waals surface area contributed by atoms with Crippen molar-refractivity contribution >= 4 is 5.97 Å². The lowest BCUT2D eigenvalue weighted by Crippen LogP contribution is -2.49. The van der Waals surface area contributed by atoms with Crippen LogP contribution >= 0.6 is 0 Å². The topological polar surface area (TPSA) is 76.0 Å². The molecule has 1 fully saturated rings. The molecule has 1 rings (SSSR count). The standard InChI is InChI=1S/C11H20O5/c1-7(12)8(2)16-11(3,10(13)14)9-4-5-15-6-9/h7-9,12H,4-6H2,1-3H3,(H,13,14). The van der Waals surface area contributed by atoms with Crippen LogP contribution in [0.1, 0.15) is 27.2 Å². The number of carboxylic acids is 1. The Labute approximate surface area is 95.4 Å². The van der Waals surface area contributed by atoms with Crippen molar-refractivity contribution in [2.45, 2.75) is 45.0 Å². The monoisotopic (exact) mass is 232 g/mol. The van der Waals surface area contributed by atoms with E-state index in [1.165, 1.54) is 0 Å². The summed E-state index contributed by atoms with van der Waals surface area (Å²) in [6.07, 6.45) is -0.530. The van der Waals surface area contributed by atoms with E-state index in [1.54, 1.807) is 20.8 Å². The minimum absolute atomic E-state index is 0.161. The van der Waals surface area contributed by atoms with Crippen molar-refractivity contribution in [1.29, 1.82) is 0 Å². The van der Waals surface area contributed by atoms with Crippen LogP contribution in [0.5, 0.6) is 0 Å². The minimum Gasteiger partial charge on any atom is -0.479 e. The summed E-state index contributed by atoms with van der Waals surface area (Å²) in [6.45, 7) is 5.77. The lowest BCUT2D eigenvalue weighted by atomic mass is 9.88. The number of hydrogen-bond acceptors (Lipinski definition) is 4. The summed E-state index contributed by atoms with van der Waals surface area (Å²) in [5.41, 5.74) is -1.28. The molecule has 1 aliphatic heterocycles. The van der Waals surface area contributed by atoms with Crippen molar-refractivity contribution in [1.82, 2.24) is 0 Å². The molecule has 0 aromatic rings. The predicted molar refractivity (Wildman–Crippen MR) is 57.2 cm³/mol. The normalized spacial score (nSPS) is 28.4. The summed E-state index contributed by atoms with van der Waals surface area (Å²) < 4.78 is 10.7. The first kappa shape index (κ1) is 13.4. The lowest BCUT2D eigenvalue weighted by molar-refractivity contribution is -0.187. The Kier molecular flexibility index (Phi) is 4.29. The highest BCUT2D eigenvalue weighted by molar-refractivity contribution is 5.77. The fourth-order valence-corrected chi connectivity index (χ4v) is 1.77. The second-order valence-electron chi connectivity index (χ2n) is 4.54. The van der Waals surface area contributed by atoms with E-state index in [1.807, 2.05) is 0 Å². The summed E-state index contributed by atoms with van der Waals surface area (Å²) in [7, 11) is 0. The van der Waals surface area contributed by atoms with Crippen molar-refractivity contribution in [3.8, 4) is 0 Å². The number of ether oxygens (including phenoxy) is 2. The van der Waals surface area contributed by atoms with Gasteiger partial charge in [-0.15, -0.1) is 0 Å². The Morgan fingerprint density at radius 3 is 2.56 bits per heavy atom. The molecule has 4 atom stereocenters. The van der Waals surface area contributed by atoms with Gasteiger partial charge in [0, 0.05) is 12.5 Å². The van der Waals surface area contributed by atoms with Gasteiger partial charge in [-0.3, -0.25) is 0 Å². The maximum Gasteiger partial charge on any atom is 0.336 e. The number of carboxylic acid groups (broad SMARTS) is 1. The first-order valence-electron chi connectivity index (χ1n) is 5.55. The molecule has 0 spiro atoms. The molecule has 0 radical (unpaired) electrons. The van der Waals surface area contributed by atoms with Gasteiger partial charge < -0.3 is 19.7 Å². The lowest BCUT2D eigenvalue weighted by Gasteiger charge is -2.34. The summed E-state index contributed by atoms with van der Waals surface area (Å²) in [6, 6.07) is 0. The van der Waals surface area contributed by atoms with E-state index < -0.39 is 23.8 Å². The zero-order valence-electron chi connectivity index (χ0n) is 9.97. The minimum atomic E-state index is -1.28. The zero-order valence-corrected chi connectivity index (χ0v) is 9.97. The SMILES string of the molecule is CC(O)C(C)OC(C)(C(=O)O)C1CCOC1. The van der Waals surface area contributed by atoms with Gasteiger partial charge in [-0.2, -0.15) is 0 Å². The van der Waals surface area contributed by atoms with E-state index in [2.05, 4.69) is 0 Å². The molecule has 1 heterocycles. The van der Waals surface area contributed by atoms with Crippen molar-refractivity contribution in [3.05, 3.63) is 0 Å². The van der Waals surface area contributed by atoms with Crippen LogP contribution in [0.3, 0.4) is 0 Å². The second kappa shape index (κ2) is 5.12. The van der Waals surface area contributed by atoms with Gasteiger partial charge in [-0.25, -0.2) is 4.79 Å². The Morgan fingerprint density at radius 1 is 1.56 bits per heavy atom. The van der Waals surface area contributed by atoms with Crippen LogP contribution in [0.4, 0.5) is 0 Å². The third kappa shape index (κ3) is 2.72. The van der Waals surface area contributed by atoms with Gasteiger partial charge in [0.05, 0.1) is 18.8 Å². The zero-order chi connectivity index (χ0) is 12.3. The average Bonchev–Trinajstić information content (AvgIpc) is 2.69. The van der Waals surface area contributed by atoms with Crippen LogP contribution in [-0.2, 0) is 14.3 Å². The predicted octanol–water partition coefficient (Wildman–Crippen LogP) is 0.652. The fraction of sp³-hybridized carbons (Fsp3) is 0.909. The third-order valence-corrected chi connectivity index (χ3v) is 3.24. The highest BCUT2D eigenvalue weighted by Gasteiger charge is 2.46. The van der Waals surface area contributed by atoms with E-state index in [4.69, 9.17) is 9.47 Å². The number of aliphatic carboxylic acids is 1. The molecule has 2 N–H and O–H groups in total. The van der Waals surface area contributed by atoms with Crippen molar-refractivity contribution in [2.75, 3.05) is 13.2 Å². The average molecular weight is 232 g/mol. The fourth-order valence-electron chi connectivity index (χ4n) is 1.77. The van der Waals surface area contributed by atoms with Crippen LogP contribution in [-0.4, -0.2) is 47.2 Å². The van der Waals surface area contributed by atoms with E-state index in [0.29, 0.717) is 19.6 Å². The summed E-state index contributed by atoms with van der Waals surface area (Å²) >= 11 is 0. The molecule has 1 aliphatic rings. The largest absolute Gasteiger partial charge is 0.479 e. The molecule has 0 bridgehead atoms. The number of aliphatic hydroxyl groups is 1. The van der Waals surface area contributed by atoms with Gasteiger partial charge in [0.25, 0.3) is 0 Å².